The summed E-state index contributed by atoms with van der Waals surface area (Å²) in [5.41, 5.74) is 0. The Bertz CT molecular complexity index is 315. The van der Waals surface area contributed by atoms with Crippen molar-refractivity contribution < 1.29 is 4.74 Å². The predicted octanol–water partition coefficient (Wildman–Crippen LogP) is 2.48. The van der Waals surface area contributed by atoms with Crippen LogP contribution in [0.5, 0.6) is 0 Å². The molecule has 3 nitrogen and oxygen atoms in total. The zero-order chi connectivity index (χ0) is 12.1. The first-order valence-corrected chi connectivity index (χ1v) is 7.42. The maximum absolute atomic E-state index is 5.69. The molecular weight excluding hydrogens is 232 g/mol. The van der Waals surface area contributed by atoms with Gasteiger partial charge in [-0.3, -0.25) is 0 Å². The minimum Gasteiger partial charge on any atom is -0.378 e. The second-order valence-electron chi connectivity index (χ2n) is 4.72. The summed E-state index contributed by atoms with van der Waals surface area (Å²) >= 11 is 1.75. The third-order valence-corrected chi connectivity index (χ3v) is 4.29. The van der Waals surface area contributed by atoms with Crippen molar-refractivity contribution in [2.45, 2.75) is 45.3 Å². The molecule has 1 aliphatic heterocycles. The highest BCUT2D eigenvalue weighted by atomic mass is 32.1. The number of hydrogen-bond acceptors (Lipinski definition) is 4. The molecule has 2 rings (SSSR count). The van der Waals surface area contributed by atoms with Gasteiger partial charge in [0, 0.05) is 36.6 Å². The van der Waals surface area contributed by atoms with Gasteiger partial charge in [0.1, 0.15) is 0 Å². The highest BCUT2D eigenvalue weighted by Gasteiger charge is 2.31. The van der Waals surface area contributed by atoms with Crippen LogP contribution in [-0.4, -0.2) is 30.3 Å². The summed E-state index contributed by atoms with van der Waals surface area (Å²) in [6.45, 7) is 6.40. The van der Waals surface area contributed by atoms with Gasteiger partial charge in [0.05, 0.1) is 11.1 Å². The Hall–Kier alpha value is -0.450. The van der Waals surface area contributed by atoms with E-state index in [0.717, 1.165) is 19.6 Å². The normalized spacial score (nSPS) is 26.2. The fourth-order valence-corrected chi connectivity index (χ4v) is 3.20. The molecule has 1 N–H and O–H groups in total. The van der Waals surface area contributed by atoms with Crippen molar-refractivity contribution in [3.8, 4) is 0 Å². The van der Waals surface area contributed by atoms with Crippen LogP contribution in [0.25, 0.3) is 0 Å². The monoisotopic (exact) mass is 254 g/mol. The molecule has 1 saturated heterocycles. The van der Waals surface area contributed by atoms with Crippen LogP contribution in [0.3, 0.4) is 0 Å². The first-order valence-electron chi connectivity index (χ1n) is 6.54. The Morgan fingerprint density at radius 2 is 2.53 bits per heavy atom. The smallest absolute Gasteiger partial charge is 0.0940 e. The largest absolute Gasteiger partial charge is 0.378 e. The maximum atomic E-state index is 5.69. The van der Waals surface area contributed by atoms with Crippen molar-refractivity contribution in [1.29, 1.82) is 0 Å². The van der Waals surface area contributed by atoms with Crippen molar-refractivity contribution in [2.24, 2.45) is 5.92 Å². The molecule has 1 aromatic heterocycles. The topological polar surface area (TPSA) is 34.2 Å². The van der Waals surface area contributed by atoms with Gasteiger partial charge in [0.15, 0.2) is 0 Å². The van der Waals surface area contributed by atoms with Gasteiger partial charge in [0.2, 0.25) is 0 Å². The SMILES string of the molecule is CCCNC(Cc1nccs1)C1CCOC1C. The summed E-state index contributed by atoms with van der Waals surface area (Å²) in [7, 11) is 0. The Morgan fingerprint density at radius 1 is 1.65 bits per heavy atom. The molecule has 0 aliphatic carbocycles. The van der Waals surface area contributed by atoms with E-state index < -0.39 is 0 Å². The molecule has 0 amide bonds. The summed E-state index contributed by atoms with van der Waals surface area (Å²) in [5, 5.41) is 6.96. The third-order valence-electron chi connectivity index (χ3n) is 3.49. The van der Waals surface area contributed by atoms with E-state index in [0.29, 0.717) is 18.1 Å². The first kappa shape index (κ1) is 13.0. The van der Waals surface area contributed by atoms with Crippen LogP contribution in [0.4, 0.5) is 0 Å². The minimum absolute atomic E-state index is 0.379. The Labute approximate surface area is 108 Å². The summed E-state index contributed by atoms with van der Waals surface area (Å²) < 4.78 is 5.69. The molecule has 96 valence electrons. The summed E-state index contributed by atoms with van der Waals surface area (Å²) in [5.74, 6) is 0.630. The molecule has 2 heterocycles. The fourth-order valence-electron chi connectivity index (χ4n) is 2.52. The second kappa shape index (κ2) is 6.47. The maximum Gasteiger partial charge on any atom is 0.0940 e. The lowest BCUT2D eigenvalue weighted by atomic mass is 9.91. The number of nitrogens with one attached hydrogen (secondary N) is 1. The van der Waals surface area contributed by atoms with Gasteiger partial charge >= 0.3 is 0 Å². The van der Waals surface area contributed by atoms with Crippen LogP contribution in [-0.2, 0) is 11.2 Å². The van der Waals surface area contributed by atoms with Gasteiger partial charge in [-0.15, -0.1) is 11.3 Å². The molecule has 0 radical (unpaired) electrons. The zero-order valence-electron chi connectivity index (χ0n) is 10.7. The molecule has 4 heteroatoms. The van der Waals surface area contributed by atoms with Crippen molar-refractivity contribution >= 4 is 11.3 Å². The first-order chi connectivity index (χ1) is 8.31. The number of aromatic nitrogens is 1. The number of hydrogen-bond donors (Lipinski definition) is 1. The van der Waals surface area contributed by atoms with E-state index in [1.807, 2.05) is 6.20 Å². The molecule has 3 unspecified atom stereocenters. The number of rotatable bonds is 6. The van der Waals surface area contributed by atoms with Crippen LogP contribution >= 0.6 is 11.3 Å². The van der Waals surface area contributed by atoms with Crippen LogP contribution in [0.1, 0.15) is 31.7 Å². The third kappa shape index (κ3) is 3.50. The predicted molar refractivity (Wildman–Crippen MR) is 71.4 cm³/mol. The average molecular weight is 254 g/mol. The molecule has 17 heavy (non-hydrogen) atoms. The van der Waals surface area contributed by atoms with Gasteiger partial charge < -0.3 is 10.1 Å². The van der Waals surface area contributed by atoms with Gasteiger partial charge in [-0.25, -0.2) is 4.98 Å². The lowest BCUT2D eigenvalue weighted by Gasteiger charge is -2.26. The van der Waals surface area contributed by atoms with Gasteiger partial charge in [-0.1, -0.05) is 6.92 Å². The van der Waals surface area contributed by atoms with Crippen LogP contribution in [0.2, 0.25) is 0 Å². The Kier molecular flexibility index (Phi) is 4.95. The standard InChI is InChI=1S/C13H22N2OS/c1-3-5-14-12(9-13-15-6-8-17-13)11-4-7-16-10(11)2/h6,8,10-12,14H,3-5,7,9H2,1-2H3. The summed E-state index contributed by atoms with van der Waals surface area (Å²) in [6.07, 6.45) is 5.66. The van der Waals surface area contributed by atoms with Gasteiger partial charge in [0.25, 0.3) is 0 Å². The van der Waals surface area contributed by atoms with E-state index in [-0.39, 0.29) is 0 Å². The van der Waals surface area contributed by atoms with E-state index in [9.17, 15) is 0 Å². The zero-order valence-corrected chi connectivity index (χ0v) is 11.5. The van der Waals surface area contributed by atoms with Gasteiger partial charge in [-0.2, -0.15) is 0 Å². The van der Waals surface area contributed by atoms with Crippen molar-refractivity contribution in [2.75, 3.05) is 13.2 Å². The molecule has 0 spiro atoms. The number of thiazole rings is 1. The fraction of sp³-hybridized carbons (Fsp3) is 0.769. The molecule has 0 aromatic carbocycles. The van der Waals surface area contributed by atoms with Crippen molar-refractivity contribution in [3.63, 3.8) is 0 Å². The highest BCUT2D eigenvalue weighted by Crippen LogP contribution is 2.26. The van der Waals surface area contributed by atoms with Crippen molar-refractivity contribution in [1.82, 2.24) is 10.3 Å². The lowest BCUT2D eigenvalue weighted by molar-refractivity contribution is 0.0954. The Morgan fingerprint density at radius 3 is 3.12 bits per heavy atom. The summed E-state index contributed by atoms with van der Waals surface area (Å²) in [6, 6.07) is 0.513. The second-order valence-corrected chi connectivity index (χ2v) is 5.70. The molecule has 0 saturated carbocycles. The van der Waals surface area contributed by atoms with Crippen LogP contribution in [0, 0.1) is 5.92 Å². The Balaban J connectivity index is 1.97. The molecular formula is C13H22N2OS. The van der Waals surface area contributed by atoms with Crippen LogP contribution < -0.4 is 5.32 Å². The van der Waals surface area contributed by atoms with E-state index in [4.69, 9.17) is 4.74 Å². The van der Waals surface area contributed by atoms with E-state index in [1.54, 1.807) is 11.3 Å². The van der Waals surface area contributed by atoms with E-state index >= 15 is 0 Å². The molecule has 1 aromatic rings. The molecule has 0 bridgehead atoms. The molecule has 1 aliphatic rings. The number of ether oxygens (including phenoxy) is 1. The lowest BCUT2D eigenvalue weighted by Crippen LogP contribution is -2.41. The highest BCUT2D eigenvalue weighted by molar-refractivity contribution is 7.09. The van der Waals surface area contributed by atoms with Crippen molar-refractivity contribution in [3.05, 3.63) is 16.6 Å². The quantitative estimate of drug-likeness (QED) is 0.847. The summed E-state index contributed by atoms with van der Waals surface area (Å²) in [4.78, 5) is 4.40. The van der Waals surface area contributed by atoms with E-state index in [2.05, 4.69) is 29.5 Å². The number of nitrogens with zero attached hydrogens (tertiary/aromatic N) is 1. The van der Waals surface area contributed by atoms with E-state index in [1.165, 1.54) is 17.8 Å². The average Bonchev–Trinajstić information content (AvgIpc) is 2.95. The molecule has 1 fully saturated rings. The minimum atomic E-state index is 0.379. The molecule has 3 atom stereocenters. The van der Waals surface area contributed by atoms with Gasteiger partial charge in [-0.05, 0) is 26.3 Å². The van der Waals surface area contributed by atoms with Crippen LogP contribution in [0.15, 0.2) is 11.6 Å².